The van der Waals surface area contributed by atoms with Gasteiger partial charge in [-0.25, -0.2) is 4.57 Å². The Balaban J connectivity index is 2.23. The van der Waals surface area contributed by atoms with Gasteiger partial charge in [0.1, 0.15) is 7.05 Å². The zero-order chi connectivity index (χ0) is 21.3. The van der Waals surface area contributed by atoms with E-state index >= 15 is 0 Å². The van der Waals surface area contributed by atoms with Gasteiger partial charge in [0.2, 0.25) is 5.69 Å². The Morgan fingerprint density at radius 1 is 0.923 bits per heavy atom. The Bertz CT molecular complexity index is 1020. The summed E-state index contributed by atoms with van der Waals surface area (Å²) in [5.74, 6) is 0.601. The molecule has 0 N–H and O–H groups in total. The molecule has 1 heterocycles. The average molecular weight is 348 g/mol. The molecule has 0 spiro atoms. The number of benzene rings is 2. The van der Waals surface area contributed by atoms with Crippen LogP contribution in [0.15, 0.2) is 54.7 Å². The van der Waals surface area contributed by atoms with Crippen LogP contribution in [-0.4, -0.2) is 0 Å². The second kappa shape index (κ2) is 7.45. The highest BCUT2D eigenvalue weighted by Gasteiger charge is 2.18. The van der Waals surface area contributed by atoms with E-state index in [0.717, 1.165) is 34.4 Å². The van der Waals surface area contributed by atoms with E-state index in [4.69, 9.17) is 4.11 Å². The van der Waals surface area contributed by atoms with Gasteiger partial charge in [-0.3, -0.25) is 0 Å². The molecule has 134 valence electrons. The minimum absolute atomic E-state index is 0.403. The highest BCUT2D eigenvalue weighted by Crippen LogP contribution is 2.31. The molecule has 0 bridgehead atoms. The van der Waals surface area contributed by atoms with Crippen molar-refractivity contribution in [2.24, 2.45) is 13.0 Å². The number of rotatable bonds is 4. The van der Waals surface area contributed by atoms with Crippen molar-refractivity contribution in [1.29, 1.82) is 0 Å². The van der Waals surface area contributed by atoms with Crippen LogP contribution in [-0.2, 0) is 13.5 Å². The summed E-state index contributed by atoms with van der Waals surface area (Å²) in [4.78, 5) is 0. The Morgan fingerprint density at radius 3 is 2.31 bits per heavy atom. The number of aryl methyl sites for hydroxylation is 4. The van der Waals surface area contributed by atoms with Gasteiger partial charge in [0.25, 0.3) is 0 Å². The van der Waals surface area contributed by atoms with Gasteiger partial charge in [-0.05, 0) is 66.9 Å². The van der Waals surface area contributed by atoms with Crippen LogP contribution in [0.5, 0.6) is 0 Å². The number of hydrogen-bond donors (Lipinski definition) is 0. The first-order valence-electron chi connectivity index (χ1n) is 10.8. The first kappa shape index (κ1) is 14.7. The van der Waals surface area contributed by atoms with Crippen LogP contribution >= 0.6 is 0 Å². The van der Waals surface area contributed by atoms with Crippen molar-refractivity contribution in [3.8, 4) is 22.4 Å². The predicted molar refractivity (Wildman–Crippen MR) is 111 cm³/mol. The molecule has 3 aromatic rings. The summed E-state index contributed by atoms with van der Waals surface area (Å²) in [5, 5.41) is 0. The summed E-state index contributed by atoms with van der Waals surface area (Å²) in [7, 11) is 2.07. The molecule has 26 heavy (non-hydrogen) atoms. The Kier molecular flexibility index (Phi) is 4.22. The molecule has 0 aliphatic heterocycles. The Hall–Kier alpha value is -2.41. The largest absolute Gasteiger partial charge is 0.212 e. The van der Waals surface area contributed by atoms with Gasteiger partial charge in [0.05, 0.1) is 0 Å². The van der Waals surface area contributed by atoms with Crippen molar-refractivity contribution in [3.05, 3.63) is 77.0 Å². The van der Waals surface area contributed by atoms with Gasteiger partial charge in [-0.2, -0.15) is 0 Å². The molecular weight excluding hydrogens is 314 g/mol. The molecule has 0 amide bonds. The van der Waals surface area contributed by atoms with Gasteiger partial charge >= 0.3 is 0 Å². The molecule has 0 atom stereocenters. The summed E-state index contributed by atoms with van der Waals surface area (Å²) in [5.41, 5.74) is 7.87. The SMILES string of the molecule is [2H]C([2H])([2H])c1cc(C)c(-c2cc(C)c(CC(C)C)c[n+]2C)cc1-c1ccccc1. The van der Waals surface area contributed by atoms with Crippen molar-refractivity contribution in [3.63, 3.8) is 0 Å². The van der Waals surface area contributed by atoms with E-state index in [0.29, 0.717) is 11.5 Å². The molecule has 1 aromatic heterocycles. The van der Waals surface area contributed by atoms with Gasteiger partial charge in [0, 0.05) is 21.3 Å². The maximum Gasteiger partial charge on any atom is 0.212 e. The third kappa shape index (κ3) is 3.72. The lowest BCUT2D eigenvalue weighted by atomic mass is 9.92. The molecule has 0 fully saturated rings. The van der Waals surface area contributed by atoms with E-state index in [2.05, 4.69) is 44.6 Å². The number of pyridine rings is 1. The van der Waals surface area contributed by atoms with Crippen LogP contribution in [0.1, 0.15) is 40.2 Å². The van der Waals surface area contributed by atoms with Crippen molar-refractivity contribution in [2.45, 2.75) is 41.0 Å². The zero-order valence-electron chi connectivity index (χ0n) is 19.4. The normalized spacial score (nSPS) is 13.4. The maximum absolute atomic E-state index is 8.03. The van der Waals surface area contributed by atoms with Crippen LogP contribution in [0.2, 0.25) is 0 Å². The second-order valence-electron chi connectivity index (χ2n) is 7.65. The van der Waals surface area contributed by atoms with Crippen molar-refractivity contribution < 1.29 is 8.68 Å². The van der Waals surface area contributed by atoms with E-state index in [1.165, 1.54) is 11.1 Å². The molecule has 0 saturated heterocycles. The quantitative estimate of drug-likeness (QED) is 0.512. The fourth-order valence-electron chi connectivity index (χ4n) is 3.57. The number of nitrogens with zero attached hydrogens (tertiary/aromatic N) is 1. The van der Waals surface area contributed by atoms with Crippen LogP contribution in [0.4, 0.5) is 0 Å². The summed E-state index contributed by atoms with van der Waals surface area (Å²) in [6, 6.07) is 15.9. The van der Waals surface area contributed by atoms with E-state index in [1.807, 2.05) is 49.4 Å². The third-order valence-electron chi connectivity index (χ3n) is 4.94. The first-order chi connectivity index (χ1) is 13.6. The van der Waals surface area contributed by atoms with Crippen molar-refractivity contribution in [2.75, 3.05) is 0 Å². The van der Waals surface area contributed by atoms with E-state index in [9.17, 15) is 0 Å². The van der Waals surface area contributed by atoms with Crippen LogP contribution in [0.3, 0.4) is 0 Å². The summed E-state index contributed by atoms with van der Waals surface area (Å²) >= 11 is 0. The standard InChI is InChI=1S/C25H30N/c1-17(2)12-22-16-26(6)25(14-18(22)3)24-15-23(19(4)13-20(24)5)21-10-8-7-9-11-21/h7-11,13-17H,12H2,1-6H3/q+1/i4D3. The van der Waals surface area contributed by atoms with Crippen LogP contribution in [0.25, 0.3) is 22.4 Å². The minimum Gasteiger partial charge on any atom is -0.201 e. The van der Waals surface area contributed by atoms with Crippen molar-refractivity contribution in [1.82, 2.24) is 0 Å². The first-order valence-corrected chi connectivity index (χ1v) is 9.28. The monoisotopic (exact) mass is 347 g/mol. The maximum atomic E-state index is 8.03. The van der Waals surface area contributed by atoms with Gasteiger partial charge in [0.15, 0.2) is 6.20 Å². The Morgan fingerprint density at radius 2 is 1.65 bits per heavy atom. The number of hydrogen-bond acceptors (Lipinski definition) is 0. The van der Waals surface area contributed by atoms with Crippen molar-refractivity contribution >= 4 is 0 Å². The zero-order valence-corrected chi connectivity index (χ0v) is 16.4. The molecule has 1 nitrogen and oxygen atoms in total. The van der Waals surface area contributed by atoms with Gasteiger partial charge in [-0.1, -0.05) is 50.2 Å². The molecule has 1 heteroatoms. The third-order valence-corrected chi connectivity index (χ3v) is 4.94. The van der Waals surface area contributed by atoms with Crippen LogP contribution < -0.4 is 4.57 Å². The van der Waals surface area contributed by atoms with Gasteiger partial charge in [-0.15, -0.1) is 0 Å². The lowest BCUT2D eigenvalue weighted by molar-refractivity contribution is -0.660. The average Bonchev–Trinajstić information content (AvgIpc) is 2.64. The summed E-state index contributed by atoms with van der Waals surface area (Å²) < 4.78 is 26.3. The van der Waals surface area contributed by atoms with Crippen LogP contribution in [0, 0.1) is 26.6 Å². The van der Waals surface area contributed by atoms with E-state index in [1.54, 1.807) is 0 Å². The lowest BCUT2D eigenvalue weighted by Gasteiger charge is -2.14. The predicted octanol–water partition coefficient (Wildman–Crippen LogP) is 5.97. The van der Waals surface area contributed by atoms with E-state index in [-0.39, 0.29) is 0 Å². The second-order valence-corrected chi connectivity index (χ2v) is 7.65. The highest BCUT2D eigenvalue weighted by molar-refractivity contribution is 5.75. The summed E-state index contributed by atoms with van der Waals surface area (Å²) in [6.45, 7) is 6.46. The molecule has 3 rings (SSSR count). The molecule has 0 aliphatic carbocycles. The summed E-state index contributed by atoms with van der Waals surface area (Å²) in [6.07, 6.45) is 3.26. The van der Waals surface area contributed by atoms with Gasteiger partial charge < -0.3 is 0 Å². The fourth-order valence-corrected chi connectivity index (χ4v) is 3.57. The topological polar surface area (TPSA) is 3.88 Å². The molecule has 0 aliphatic rings. The molecular formula is C25H30N+. The Labute approximate surface area is 162 Å². The lowest BCUT2D eigenvalue weighted by Crippen LogP contribution is -2.32. The van der Waals surface area contributed by atoms with E-state index < -0.39 is 6.85 Å². The fraction of sp³-hybridized carbons (Fsp3) is 0.320. The minimum atomic E-state index is -2.16. The molecule has 0 unspecified atom stereocenters. The molecule has 2 aromatic carbocycles. The molecule has 0 saturated carbocycles. The molecule has 0 radical (unpaired) electrons. The highest BCUT2D eigenvalue weighted by atomic mass is 14.9. The number of aromatic nitrogens is 1. The smallest absolute Gasteiger partial charge is 0.201 e.